The highest BCUT2D eigenvalue weighted by Crippen LogP contribution is 2.28. The van der Waals surface area contributed by atoms with Gasteiger partial charge in [0, 0.05) is 25.6 Å². The smallest absolute Gasteiger partial charge is 0.257 e. The van der Waals surface area contributed by atoms with Gasteiger partial charge in [0.05, 0.1) is 31.2 Å². The van der Waals surface area contributed by atoms with Crippen LogP contribution in [-0.2, 0) is 17.6 Å². The van der Waals surface area contributed by atoms with Crippen LogP contribution in [-0.4, -0.2) is 54.4 Å². The summed E-state index contributed by atoms with van der Waals surface area (Å²) in [5.74, 6) is 1.18. The van der Waals surface area contributed by atoms with E-state index in [-0.39, 0.29) is 11.8 Å². The fourth-order valence-corrected chi connectivity index (χ4v) is 3.74. The van der Waals surface area contributed by atoms with E-state index in [2.05, 4.69) is 22.3 Å². The second kappa shape index (κ2) is 6.88. The summed E-state index contributed by atoms with van der Waals surface area (Å²) in [5, 5.41) is 7.15. The highest BCUT2D eigenvalue weighted by atomic mass is 16.5. The van der Waals surface area contributed by atoms with E-state index < -0.39 is 0 Å². The Labute approximate surface area is 147 Å². The second-order valence-electron chi connectivity index (χ2n) is 6.68. The first-order valence-electron chi connectivity index (χ1n) is 8.82. The minimum Gasteiger partial charge on any atom is -0.497 e. The molecule has 1 amide bonds. The molecule has 3 heterocycles. The van der Waals surface area contributed by atoms with E-state index in [1.165, 1.54) is 11.1 Å². The molecule has 0 aliphatic carbocycles. The third kappa shape index (κ3) is 3.14. The van der Waals surface area contributed by atoms with Crippen LogP contribution in [0.2, 0.25) is 0 Å². The number of rotatable bonds is 3. The molecule has 1 aromatic heterocycles. The summed E-state index contributed by atoms with van der Waals surface area (Å²) in [6.07, 6.45) is 4.31. The van der Waals surface area contributed by atoms with E-state index in [1.807, 2.05) is 11.0 Å². The summed E-state index contributed by atoms with van der Waals surface area (Å²) in [6.45, 7) is 2.85. The zero-order chi connectivity index (χ0) is 17.2. The summed E-state index contributed by atoms with van der Waals surface area (Å²) in [5.41, 5.74) is 4.18. The lowest BCUT2D eigenvalue weighted by atomic mass is 10.0. The average molecular weight is 341 g/mol. The van der Waals surface area contributed by atoms with Gasteiger partial charge < -0.3 is 14.4 Å². The molecule has 2 aliphatic rings. The third-order valence-electron chi connectivity index (χ3n) is 5.24. The zero-order valence-electron chi connectivity index (χ0n) is 14.5. The first-order chi connectivity index (χ1) is 12.3. The van der Waals surface area contributed by atoms with Crippen molar-refractivity contribution in [3.05, 3.63) is 46.8 Å². The molecule has 0 saturated carbocycles. The molecule has 1 aromatic carbocycles. The molecule has 1 N–H and O–H groups in total. The van der Waals surface area contributed by atoms with Crippen molar-refractivity contribution in [3.63, 3.8) is 0 Å². The monoisotopic (exact) mass is 341 g/mol. The third-order valence-corrected chi connectivity index (χ3v) is 5.24. The topological polar surface area (TPSA) is 67.5 Å². The summed E-state index contributed by atoms with van der Waals surface area (Å²) in [4.78, 5) is 15.0. The quantitative estimate of drug-likeness (QED) is 0.929. The van der Waals surface area contributed by atoms with Crippen LogP contribution in [0.4, 0.5) is 0 Å². The van der Waals surface area contributed by atoms with Crippen molar-refractivity contribution < 1.29 is 14.3 Å². The van der Waals surface area contributed by atoms with Gasteiger partial charge in [-0.05, 0) is 42.5 Å². The Morgan fingerprint density at radius 2 is 2.16 bits per heavy atom. The van der Waals surface area contributed by atoms with E-state index in [0.717, 1.165) is 43.9 Å². The molecule has 0 bridgehead atoms. The van der Waals surface area contributed by atoms with E-state index >= 15 is 0 Å². The lowest BCUT2D eigenvalue weighted by Gasteiger charge is -2.21. The molecule has 25 heavy (non-hydrogen) atoms. The van der Waals surface area contributed by atoms with Gasteiger partial charge in [-0.15, -0.1) is 0 Å². The van der Waals surface area contributed by atoms with Gasteiger partial charge in [-0.1, -0.05) is 6.07 Å². The zero-order valence-corrected chi connectivity index (χ0v) is 14.5. The number of fused-ring (bicyclic) bond motifs is 1. The number of ether oxygens (including phenoxy) is 2. The Bertz CT molecular complexity index is 765. The fourth-order valence-electron chi connectivity index (χ4n) is 3.74. The minimum absolute atomic E-state index is 0.0652. The highest BCUT2D eigenvalue weighted by molar-refractivity contribution is 5.95. The average Bonchev–Trinajstić information content (AvgIpc) is 3.28. The summed E-state index contributed by atoms with van der Waals surface area (Å²) >= 11 is 0. The Kier molecular flexibility index (Phi) is 4.44. The summed E-state index contributed by atoms with van der Waals surface area (Å²) in [6, 6.07) is 6.19. The molecule has 0 spiro atoms. The van der Waals surface area contributed by atoms with Gasteiger partial charge in [-0.3, -0.25) is 9.89 Å². The maximum Gasteiger partial charge on any atom is 0.257 e. The van der Waals surface area contributed by atoms with E-state index in [4.69, 9.17) is 9.47 Å². The number of carbonyl (C=O) groups is 1. The van der Waals surface area contributed by atoms with Crippen LogP contribution < -0.4 is 4.74 Å². The Morgan fingerprint density at radius 3 is 2.92 bits per heavy atom. The van der Waals surface area contributed by atoms with Crippen molar-refractivity contribution in [2.75, 3.05) is 33.4 Å². The van der Waals surface area contributed by atoms with Crippen molar-refractivity contribution in [1.29, 1.82) is 0 Å². The molecule has 2 aliphatic heterocycles. The number of nitrogens with one attached hydrogen (secondary N) is 1. The normalized spacial score (nSPS) is 20.2. The molecule has 1 atom stereocenters. The molecular weight excluding hydrogens is 318 g/mol. The maximum atomic E-state index is 13.1. The molecule has 1 fully saturated rings. The number of nitrogens with zero attached hydrogens (tertiary/aromatic N) is 2. The standard InChI is InChI=1S/C19H23N3O3/c1-24-16-3-2-13-4-7-22(8-5-14(13)10-16)19(23)17-11-20-21-18(17)15-6-9-25-12-15/h2-3,10-11,15H,4-9,12H2,1H3,(H,20,21). The number of H-pyrrole nitrogens is 1. The van der Waals surface area contributed by atoms with Crippen molar-refractivity contribution in [2.24, 2.45) is 0 Å². The Balaban J connectivity index is 1.52. The van der Waals surface area contributed by atoms with Gasteiger partial charge in [-0.2, -0.15) is 5.10 Å². The number of hydrogen-bond donors (Lipinski definition) is 1. The minimum atomic E-state index is 0.0652. The van der Waals surface area contributed by atoms with Gasteiger partial charge in [0.1, 0.15) is 5.75 Å². The van der Waals surface area contributed by atoms with E-state index in [9.17, 15) is 4.79 Å². The molecule has 4 rings (SSSR count). The molecule has 1 saturated heterocycles. The summed E-state index contributed by atoms with van der Waals surface area (Å²) in [7, 11) is 1.68. The van der Waals surface area contributed by atoms with E-state index in [0.29, 0.717) is 18.7 Å². The lowest BCUT2D eigenvalue weighted by molar-refractivity contribution is 0.0761. The molecule has 2 aromatic rings. The number of aromatic amines is 1. The van der Waals surface area contributed by atoms with Crippen molar-refractivity contribution >= 4 is 5.91 Å². The number of aromatic nitrogens is 2. The first-order valence-corrected chi connectivity index (χ1v) is 8.82. The van der Waals surface area contributed by atoms with Crippen LogP contribution in [0.5, 0.6) is 5.75 Å². The molecular formula is C19H23N3O3. The van der Waals surface area contributed by atoms with Crippen molar-refractivity contribution in [2.45, 2.75) is 25.2 Å². The van der Waals surface area contributed by atoms with Gasteiger partial charge in [0.15, 0.2) is 0 Å². The first kappa shape index (κ1) is 16.1. The highest BCUT2D eigenvalue weighted by Gasteiger charge is 2.28. The van der Waals surface area contributed by atoms with Crippen LogP contribution in [0.15, 0.2) is 24.4 Å². The van der Waals surface area contributed by atoms with Gasteiger partial charge >= 0.3 is 0 Å². The van der Waals surface area contributed by atoms with Crippen LogP contribution in [0.25, 0.3) is 0 Å². The van der Waals surface area contributed by atoms with E-state index in [1.54, 1.807) is 13.3 Å². The Hall–Kier alpha value is -2.34. The second-order valence-corrected chi connectivity index (χ2v) is 6.68. The molecule has 6 heteroatoms. The molecule has 1 unspecified atom stereocenters. The molecule has 0 radical (unpaired) electrons. The molecule has 6 nitrogen and oxygen atoms in total. The lowest BCUT2D eigenvalue weighted by Crippen LogP contribution is -2.33. The van der Waals surface area contributed by atoms with Gasteiger partial charge in [-0.25, -0.2) is 0 Å². The SMILES string of the molecule is COc1ccc2c(c1)CCN(C(=O)c1cn[nH]c1C1CCOC1)CC2. The van der Waals surface area contributed by atoms with Crippen molar-refractivity contribution in [3.8, 4) is 5.75 Å². The number of benzene rings is 1. The number of hydrogen-bond acceptors (Lipinski definition) is 4. The van der Waals surface area contributed by atoms with Crippen LogP contribution in [0, 0.1) is 0 Å². The van der Waals surface area contributed by atoms with Gasteiger partial charge in [0.2, 0.25) is 0 Å². The van der Waals surface area contributed by atoms with Crippen LogP contribution in [0.3, 0.4) is 0 Å². The number of methoxy groups -OCH3 is 1. The predicted octanol–water partition coefficient (Wildman–Crippen LogP) is 2.16. The summed E-state index contributed by atoms with van der Waals surface area (Å²) < 4.78 is 10.8. The number of carbonyl (C=O) groups excluding carboxylic acids is 1. The van der Waals surface area contributed by atoms with Crippen LogP contribution >= 0.6 is 0 Å². The largest absolute Gasteiger partial charge is 0.497 e. The predicted molar refractivity (Wildman–Crippen MR) is 93.1 cm³/mol. The Morgan fingerprint density at radius 1 is 1.32 bits per heavy atom. The maximum absolute atomic E-state index is 13.1. The van der Waals surface area contributed by atoms with Crippen molar-refractivity contribution in [1.82, 2.24) is 15.1 Å². The fraction of sp³-hybridized carbons (Fsp3) is 0.474. The van der Waals surface area contributed by atoms with Crippen LogP contribution in [0.1, 0.15) is 39.5 Å². The number of amides is 1. The van der Waals surface area contributed by atoms with Gasteiger partial charge in [0.25, 0.3) is 5.91 Å². The molecule has 132 valence electrons.